The molecule has 5 unspecified atom stereocenters. The third-order valence-electron chi connectivity index (χ3n) is 11.4. The number of carbonyl (C=O) groups excluding carboxylic acids is 1. The molecule has 7 nitrogen and oxygen atoms in total. The molecule has 5 aliphatic rings. The first-order valence-corrected chi connectivity index (χ1v) is 20.1. The first-order valence-electron chi connectivity index (χ1n) is 18.5. The molecule has 2 fully saturated rings. The highest BCUT2D eigenvalue weighted by atomic mass is 35.5. The van der Waals surface area contributed by atoms with Gasteiger partial charge in [0.1, 0.15) is 16.7 Å². The standard InChI is InChI=1S/C32H41ClN2O3S.C5H11NO.C2H6/c1-21-6-3-4-7-23-9-10-26(23)18-35-19-32(15-5-8-24-16-27(33)12-13-28(24)32)20-38-30-14-11-25(17-29(30)35)31(36)34-39(37)22(21)2;1-6-2-4-7-5-3-6;1-2/h11-14,16-17,21-23,26H,3-10,15,18-20H2,1-2H3,(H,34,36);2-5H2,1H3;1-2H3/t21?,22?,23?,26?,32-,39?;;/m0../s1. The van der Waals surface area contributed by atoms with Gasteiger partial charge in [0, 0.05) is 42.2 Å². The molecule has 1 N–H and O–H groups in total. The van der Waals surface area contributed by atoms with Crippen molar-refractivity contribution >= 4 is 34.2 Å². The summed E-state index contributed by atoms with van der Waals surface area (Å²) in [7, 11) is 0.688. The number of benzene rings is 2. The van der Waals surface area contributed by atoms with Crippen molar-refractivity contribution < 1.29 is 18.5 Å². The summed E-state index contributed by atoms with van der Waals surface area (Å²) in [5.74, 6) is 2.28. The van der Waals surface area contributed by atoms with Crippen LogP contribution in [0.4, 0.5) is 5.69 Å². The number of nitrogens with one attached hydrogen (secondary N) is 1. The molecule has 3 heterocycles. The van der Waals surface area contributed by atoms with E-state index in [1.807, 2.05) is 45.0 Å². The largest absolute Gasteiger partial charge is 0.490 e. The summed E-state index contributed by atoms with van der Waals surface area (Å²) in [6.07, 6.45) is 10.5. The van der Waals surface area contributed by atoms with Gasteiger partial charge in [-0.1, -0.05) is 57.7 Å². The van der Waals surface area contributed by atoms with Crippen molar-refractivity contribution in [3.05, 3.63) is 58.1 Å². The molecule has 2 aliphatic carbocycles. The Morgan fingerprint density at radius 1 is 0.958 bits per heavy atom. The maximum absolute atomic E-state index is 13.3. The third-order valence-corrected chi connectivity index (χ3v) is 13.1. The predicted octanol–water partition coefficient (Wildman–Crippen LogP) is 7.81. The Bertz CT molecular complexity index is 1400. The van der Waals surface area contributed by atoms with Gasteiger partial charge in [-0.2, -0.15) is 0 Å². The molecule has 1 amide bonds. The van der Waals surface area contributed by atoms with Crippen molar-refractivity contribution in [1.29, 1.82) is 0 Å². The zero-order valence-electron chi connectivity index (χ0n) is 29.9. The normalized spacial score (nSPS) is 30.8. The van der Waals surface area contributed by atoms with Gasteiger partial charge >= 0.3 is 0 Å². The average Bonchev–Trinajstić information content (AvgIpc) is 3.23. The van der Waals surface area contributed by atoms with E-state index in [9.17, 15) is 9.00 Å². The summed E-state index contributed by atoms with van der Waals surface area (Å²) < 4.78 is 27.6. The van der Waals surface area contributed by atoms with Crippen LogP contribution >= 0.6 is 11.6 Å². The molecule has 2 bridgehead atoms. The Balaban J connectivity index is 0.000000440. The van der Waals surface area contributed by atoms with E-state index in [2.05, 4.69) is 40.6 Å². The molecule has 266 valence electrons. The van der Waals surface area contributed by atoms with E-state index in [0.717, 1.165) is 93.9 Å². The molecule has 3 aliphatic heterocycles. The maximum atomic E-state index is 13.3. The van der Waals surface area contributed by atoms with Gasteiger partial charge in [-0.05, 0) is 112 Å². The molecule has 1 spiro atoms. The fourth-order valence-electron chi connectivity index (χ4n) is 8.01. The highest BCUT2D eigenvalue weighted by Crippen LogP contribution is 2.47. The molecule has 2 aromatic rings. The van der Waals surface area contributed by atoms with Crippen LogP contribution < -0.4 is 14.4 Å². The minimum absolute atomic E-state index is 0.0845. The molecular weight excluding hydrogens is 642 g/mol. The molecule has 0 radical (unpaired) electrons. The molecule has 6 atom stereocenters. The third kappa shape index (κ3) is 8.77. The highest BCUT2D eigenvalue weighted by molar-refractivity contribution is 7.84. The first-order chi connectivity index (χ1) is 23.2. The van der Waals surface area contributed by atoms with Gasteiger partial charge in [0.2, 0.25) is 0 Å². The smallest absolute Gasteiger partial charge is 0.263 e. The molecule has 1 saturated heterocycles. The fraction of sp³-hybridized carbons (Fsp3) is 0.667. The van der Waals surface area contributed by atoms with Crippen LogP contribution in [0.5, 0.6) is 5.75 Å². The molecule has 2 aromatic carbocycles. The Hall–Kier alpha value is -2.13. The Morgan fingerprint density at radius 2 is 1.71 bits per heavy atom. The van der Waals surface area contributed by atoms with E-state index >= 15 is 0 Å². The number of nitrogens with zero attached hydrogens (tertiary/aromatic N) is 2. The van der Waals surface area contributed by atoms with Crippen molar-refractivity contribution in [3.8, 4) is 5.75 Å². The van der Waals surface area contributed by atoms with E-state index in [-0.39, 0.29) is 16.6 Å². The van der Waals surface area contributed by atoms with E-state index in [1.165, 1.54) is 36.8 Å². The Morgan fingerprint density at radius 3 is 2.42 bits per heavy atom. The van der Waals surface area contributed by atoms with Crippen molar-refractivity contribution in [2.75, 3.05) is 57.9 Å². The summed E-state index contributed by atoms with van der Waals surface area (Å²) in [5.41, 5.74) is 4.11. The zero-order chi connectivity index (χ0) is 34.3. The molecule has 7 rings (SSSR count). The number of carbonyl (C=O) groups is 1. The van der Waals surface area contributed by atoms with E-state index in [1.54, 1.807) is 0 Å². The van der Waals surface area contributed by atoms with Crippen LogP contribution in [-0.2, 0) is 27.6 Å². The number of fused-ring (bicyclic) bond motifs is 4. The number of morpholine rings is 1. The van der Waals surface area contributed by atoms with E-state index < -0.39 is 11.0 Å². The van der Waals surface area contributed by atoms with Gasteiger partial charge in [-0.15, -0.1) is 0 Å². The number of hydrogen-bond acceptors (Lipinski definition) is 6. The van der Waals surface area contributed by atoms with Crippen LogP contribution in [0.1, 0.15) is 101 Å². The van der Waals surface area contributed by atoms with Crippen molar-refractivity contribution in [3.63, 3.8) is 0 Å². The van der Waals surface area contributed by atoms with E-state index in [0.29, 0.717) is 24.0 Å². The lowest BCUT2D eigenvalue weighted by atomic mass is 9.68. The number of hydrogen-bond donors (Lipinski definition) is 1. The van der Waals surface area contributed by atoms with Crippen LogP contribution in [-0.4, -0.2) is 73.3 Å². The van der Waals surface area contributed by atoms with Gasteiger partial charge in [0.05, 0.1) is 30.8 Å². The summed E-state index contributed by atoms with van der Waals surface area (Å²) in [6, 6.07) is 12.1. The summed E-state index contributed by atoms with van der Waals surface area (Å²) in [6.45, 7) is 14.6. The summed E-state index contributed by atoms with van der Waals surface area (Å²) in [5, 5.41) is 0.710. The second-order valence-corrected chi connectivity index (χ2v) is 16.5. The average molecular weight is 700 g/mol. The summed E-state index contributed by atoms with van der Waals surface area (Å²) >= 11 is 6.40. The molecular formula is C39H58ClN3O4S. The zero-order valence-corrected chi connectivity index (χ0v) is 31.5. The van der Waals surface area contributed by atoms with Crippen LogP contribution in [0.25, 0.3) is 0 Å². The van der Waals surface area contributed by atoms with E-state index in [4.69, 9.17) is 21.1 Å². The molecule has 48 heavy (non-hydrogen) atoms. The number of likely N-dealkylation sites (N-methyl/N-ethyl adjacent to an activating group) is 1. The number of anilines is 1. The Kier molecular flexibility index (Phi) is 13.3. The van der Waals surface area contributed by atoms with Gasteiger partial charge in [-0.3, -0.25) is 9.52 Å². The maximum Gasteiger partial charge on any atom is 0.263 e. The number of aryl methyl sites for hydroxylation is 1. The first kappa shape index (κ1) is 37.1. The van der Waals surface area contributed by atoms with Crippen molar-refractivity contribution in [2.24, 2.45) is 17.8 Å². The van der Waals surface area contributed by atoms with Crippen LogP contribution in [0.2, 0.25) is 5.02 Å². The molecule has 1 saturated carbocycles. The number of ether oxygens (including phenoxy) is 2. The highest BCUT2D eigenvalue weighted by Gasteiger charge is 2.43. The monoisotopic (exact) mass is 699 g/mol. The van der Waals surface area contributed by atoms with Crippen molar-refractivity contribution in [2.45, 2.75) is 96.1 Å². The quantitative estimate of drug-likeness (QED) is 0.303. The van der Waals surface area contributed by atoms with Gasteiger partial charge in [-0.25, -0.2) is 4.21 Å². The van der Waals surface area contributed by atoms with Gasteiger partial charge in [0.25, 0.3) is 5.91 Å². The lowest BCUT2D eigenvalue weighted by molar-refractivity contribution is 0.0503. The van der Waals surface area contributed by atoms with Crippen molar-refractivity contribution in [1.82, 2.24) is 9.62 Å². The molecule has 0 aromatic heterocycles. The lowest BCUT2D eigenvalue weighted by Crippen LogP contribution is -2.48. The minimum Gasteiger partial charge on any atom is -0.490 e. The predicted molar refractivity (Wildman–Crippen MR) is 199 cm³/mol. The lowest BCUT2D eigenvalue weighted by Gasteiger charge is -2.44. The second kappa shape index (κ2) is 17.2. The number of amides is 1. The van der Waals surface area contributed by atoms with Gasteiger partial charge in [0.15, 0.2) is 0 Å². The second-order valence-electron chi connectivity index (χ2n) is 14.5. The minimum atomic E-state index is -1.43. The number of halogens is 1. The molecule has 9 heteroatoms. The van der Waals surface area contributed by atoms with Crippen LogP contribution in [0.15, 0.2) is 36.4 Å². The van der Waals surface area contributed by atoms with Gasteiger partial charge < -0.3 is 19.3 Å². The van der Waals surface area contributed by atoms with Crippen LogP contribution in [0.3, 0.4) is 0 Å². The summed E-state index contributed by atoms with van der Waals surface area (Å²) in [4.78, 5) is 18.1. The number of rotatable bonds is 0. The topological polar surface area (TPSA) is 71.1 Å². The SMILES string of the molecule is CC.CC1CCCCC2CCC2CN2C[C@@]3(CCCc4cc(Cl)ccc43)COc3ccc(cc32)C(=O)NS(=O)C1C.CN1CCOCC1. The van der Waals surface area contributed by atoms with Crippen LogP contribution in [0, 0.1) is 17.8 Å². The fourth-order valence-corrected chi connectivity index (χ4v) is 9.25. The Labute approximate surface area is 297 Å².